The molecule has 23 heavy (non-hydrogen) atoms. The van der Waals surface area contributed by atoms with Crippen LogP contribution in [0.4, 0.5) is 0 Å². The fourth-order valence-corrected chi connectivity index (χ4v) is 2.31. The Labute approximate surface area is 138 Å². The zero-order valence-corrected chi connectivity index (χ0v) is 13.5. The van der Waals surface area contributed by atoms with Crippen molar-refractivity contribution in [3.05, 3.63) is 60.6 Å². The van der Waals surface area contributed by atoms with Crippen molar-refractivity contribution in [1.82, 2.24) is 0 Å². The third-order valence-corrected chi connectivity index (χ3v) is 3.66. The quantitative estimate of drug-likeness (QED) is 0.901. The van der Waals surface area contributed by atoms with Crippen molar-refractivity contribution in [2.45, 2.75) is 44.5 Å². The molecule has 0 saturated carbocycles. The summed E-state index contributed by atoms with van der Waals surface area (Å²) in [6.45, 7) is 1.49. The van der Waals surface area contributed by atoms with Gasteiger partial charge in [0.15, 0.2) is 0 Å². The van der Waals surface area contributed by atoms with Crippen LogP contribution in [-0.4, -0.2) is 30.5 Å². The summed E-state index contributed by atoms with van der Waals surface area (Å²) >= 11 is 0. The number of hydrogen-bond donors (Lipinski definition) is 1. The van der Waals surface area contributed by atoms with Crippen LogP contribution in [0.3, 0.4) is 0 Å². The van der Waals surface area contributed by atoms with E-state index in [2.05, 4.69) is 12.1 Å². The number of aliphatic hydroxyl groups is 1. The molecule has 126 valence electrons. The second-order valence-corrected chi connectivity index (χ2v) is 5.60. The topological polar surface area (TPSA) is 47.9 Å². The molecular weight excluding hydrogens is 292 g/mol. The van der Waals surface area contributed by atoms with E-state index in [0.29, 0.717) is 13.2 Å². The zero-order valence-electron chi connectivity index (χ0n) is 13.5. The van der Waals surface area contributed by atoms with Crippen molar-refractivity contribution < 1.29 is 19.3 Å². The number of aliphatic hydroxyl groups excluding tert-OH is 1. The molecule has 2 unspecified atom stereocenters. The van der Waals surface area contributed by atoms with Crippen molar-refractivity contribution in [3.8, 4) is 0 Å². The second kappa shape index (κ2) is 10.9. The highest BCUT2D eigenvalue weighted by Crippen LogP contribution is 2.11. The minimum atomic E-state index is 0.0556. The average molecular weight is 318 g/mol. The van der Waals surface area contributed by atoms with Crippen LogP contribution < -0.4 is 0 Å². The summed E-state index contributed by atoms with van der Waals surface area (Å²) in [6, 6.07) is 10.2. The Hall–Kier alpha value is -1.78. The van der Waals surface area contributed by atoms with Gasteiger partial charge in [-0.1, -0.05) is 30.3 Å². The van der Waals surface area contributed by atoms with Crippen LogP contribution in [0.15, 0.2) is 55.0 Å². The molecule has 2 aliphatic rings. The van der Waals surface area contributed by atoms with Crippen LogP contribution in [-0.2, 0) is 20.8 Å². The number of hydrogen-bond acceptors (Lipinski definition) is 4. The van der Waals surface area contributed by atoms with Gasteiger partial charge in [-0.15, -0.1) is 0 Å². The summed E-state index contributed by atoms with van der Waals surface area (Å²) < 4.78 is 16.0. The standard InChI is InChI=1S/C13H16O2.C6H10O2/c1-2-6-12(7-3-1)10-14-11-13-8-4-5-9-15-13;7-5-6-3-1-2-4-8-6/h1-3,5-7,9,13H,4,8,10-11H2;2,4,6-7H,1,3,5H2. The predicted molar refractivity (Wildman–Crippen MR) is 89.7 cm³/mol. The van der Waals surface area contributed by atoms with E-state index in [1.165, 1.54) is 5.56 Å². The molecule has 1 N–H and O–H groups in total. The SMILES string of the molecule is C1=COC(COCc2ccccc2)CC1.OCC1CCC=CO1. The fraction of sp³-hybridized carbons (Fsp3) is 0.474. The van der Waals surface area contributed by atoms with Crippen LogP contribution in [0.1, 0.15) is 31.2 Å². The van der Waals surface area contributed by atoms with Crippen molar-refractivity contribution in [3.63, 3.8) is 0 Å². The van der Waals surface area contributed by atoms with Crippen LogP contribution in [0, 0.1) is 0 Å². The molecule has 0 fully saturated rings. The van der Waals surface area contributed by atoms with Gasteiger partial charge in [-0.25, -0.2) is 0 Å². The summed E-state index contributed by atoms with van der Waals surface area (Å²) in [5.41, 5.74) is 1.21. The third kappa shape index (κ3) is 7.35. The lowest BCUT2D eigenvalue weighted by Gasteiger charge is -2.19. The Morgan fingerprint density at radius 2 is 1.61 bits per heavy atom. The molecule has 2 atom stereocenters. The molecule has 1 aromatic rings. The predicted octanol–water partition coefficient (Wildman–Crippen LogP) is 3.57. The first-order valence-corrected chi connectivity index (χ1v) is 8.22. The molecule has 4 nitrogen and oxygen atoms in total. The Balaban J connectivity index is 0.000000203. The first kappa shape index (κ1) is 17.6. The van der Waals surface area contributed by atoms with Crippen LogP contribution >= 0.6 is 0 Å². The maximum Gasteiger partial charge on any atom is 0.121 e. The van der Waals surface area contributed by atoms with E-state index in [4.69, 9.17) is 19.3 Å². The summed E-state index contributed by atoms with van der Waals surface area (Å²) in [4.78, 5) is 0. The highest BCUT2D eigenvalue weighted by atomic mass is 16.5. The smallest absolute Gasteiger partial charge is 0.121 e. The zero-order chi connectivity index (χ0) is 16.2. The van der Waals surface area contributed by atoms with E-state index < -0.39 is 0 Å². The molecule has 0 radical (unpaired) electrons. The third-order valence-electron chi connectivity index (χ3n) is 3.66. The van der Waals surface area contributed by atoms with Crippen molar-refractivity contribution in [2.75, 3.05) is 13.2 Å². The van der Waals surface area contributed by atoms with Gasteiger partial charge in [-0.3, -0.25) is 0 Å². The largest absolute Gasteiger partial charge is 0.496 e. The molecule has 0 spiro atoms. The highest BCUT2D eigenvalue weighted by Gasteiger charge is 2.10. The molecule has 0 amide bonds. The van der Waals surface area contributed by atoms with Crippen molar-refractivity contribution in [2.24, 2.45) is 0 Å². The maximum absolute atomic E-state index is 8.53. The molecule has 0 bridgehead atoms. The van der Waals surface area contributed by atoms with E-state index in [1.54, 1.807) is 12.5 Å². The van der Waals surface area contributed by atoms with E-state index in [0.717, 1.165) is 25.7 Å². The molecular formula is C19H26O4. The average Bonchev–Trinajstić information content (AvgIpc) is 2.65. The van der Waals surface area contributed by atoms with Crippen LogP contribution in [0.2, 0.25) is 0 Å². The Kier molecular flexibility index (Phi) is 8.30. The summed E-state index contributed by atoms with van der Waals surface area (Å²) in [7, 11) is 0. The van der Waals surface area contributed by atoms with Gasteiger partial charge >= 0.3 is 0 Å². The fourth-order valence-electron chi connectivity index (χ4n) is 2.31. The van der Waals surface area contributed by atoms with E-state index in [-0.39, 0.29) is 18.8 Å². The molecule has 4 heteroatoms. The van der Waals surface area contributed by atoms with Gasteiger partial charge in [0.1, 0.15) is 12.2 Å². The molecule has 1 aromatic carbocycles. The van der Waals surface area contributed by atoms with E-state index >= 15 is 0 Å². The van der Waals surface area contributed by atoms with Crippen LogP contribution in [0.25, 0.3) is 0 Å². The van der Waals surface area contributed by atoms with Gasteiger partial charge in [0.2, 0.25) is 0 Å². The summed E-state index contributed by atoms with van der Waals surface area (Å²) in [5.74, 6) is 0. The van der Waals surface area contributed by atoms with Gasteiger partial charge in [-0.2, -0.15) is 0 Å². The van der Waals surface area contributed by atoms with Crippen molar-refractivity contribution >= 4 is 0 Å². The number of rotatable bonds is 5. The van der Waals surface area contributed by atoms with Gasteiger partial charge in [0.05, 0.1) is 32.3 Å². The first-order valence-electron chi connectivity index (χ1n) is 8.22. The first-order chi connectivity index (χ1) is 11.4. The molecule has 2 heterocycles. The van der Waals surface area contributed by atoms with Crippen molar-refractivity contribution in [1.29, 1.82) is 0 Å². The lowest BCUT2D eigenvalue weighted by Crippen LogP contribution is -2.19. The molecule has 3 rings (SSSR count). The Morgan fingerprint density at radius 1 is 0.957 bits per heavy atom. The molecule has 2 aliphatic heterocycles. The van der Waals surface area contributed by atoms with Gasteiger partial charge in [-0.05, 0) is 43.4 Å². The summed E-state index contributed by atoms with van der Waals surface area (Å²) in [6.07, 6.45) is 11.9. The maximum atomic E-state index is 8.53. The summed E-state index contributed by atoms with van der Waals surface area (Å²) in [5, 5.41) is 8.53. The highest BCUT2D eigenvalue weighted by molar-refractivity contribution is 5.13. The number of allylic oxidation sites excluding steroid dienone is 2. The van der Waals surface area contributed by atoms with Crippen LogP contribution in [0.5, 0.6) is 0 Å². The lowest BCUT2D eigenvalue weighted by molar-refractivity contribution is 0.0109. The lowest BCUT2D eigenvalue weighted by atomic mass is 10.2. The van der Waals surface area contributed by atoms with Gasteiger partial charge in [0.25, 0.3) is 0 Å². The number of ether oxygens (including phenoxy) is 3. The van der Waals surface area contributed by atoms with E-state index in [1.807, 2.05) is 30.4 Å². The normalized spacial score (nSPS) is 22.5. The Bertz CT molecular complexity index is 470. The second-order valence-electron chi connectivity index (χ2n) is 5.60. The van der Waals surface area contributed by atoms with Gasteiger partial charge < -0.3 is 19.3 Å². The van der Waals surface area contributed by atoms with E-state index in [9.17, 15) is 0 Å². The molecule has 0 saturated heterocycles. The number of benzene rings is 1. The van der Waals surface area contributed by atoms with Gasteiger partial charge in [0, 0.05) is 0 Å². The molecule has 0 aliphatic carbocycles. The monoisotopic (exact) mass is 318 g/mol. The Morgan fingerprint density at radius 3 is 2.13 bits per heavy atom. The minimum absolute atomic E-state index is 0.0556. The molecule has 0 aromatic heterocycles. The minimum Gasteiger partial charge on any atom is -0.496 e.